The molecule has 2 N–H and O–H groups in total. The Bertz CT molecular complexity index is 789. The highest BCUT2D eigenvalue weighted by atomic mass is 127. The molecule has 1 aromatic heterocycles. The van der Waals surface area contributed by atoms with Gasteiger partial charge in [-0.05, 0) is 45.4 Å². The van der Waals surface area contributed by atoms with Gasteiger partial charge in [0, 0.05) is 31.4 Å². The Kier molecular flexibility index (Phi) is 10.1. The first-order valence-electron chi connectivity index (χ1n) is 9.31. The molecule has 2 rings (SSSR count). The van der Waals surface area contributed by atoms with Gasteiger partial charge in [-0.15, -0.1) is 24.0 Å². The van der Waals surface area contributed by atoms with Gasteiger partial charge in [-0.25, -0.2) is 4.99 Å². The smallest absolute Gasteiger partial charge is 0.191 e. The summed E-state index contributed by atoms with van der Waals surface area (Å²) in [4.78, 5) is 4.69. The molecule has 28 heavy (non-hydrogen) atoms. The fourth-order valence-electron chi connectivity index (χ4n) is 2.85. The van der Waals surface area contributed by atoms with Gasteiger partial charge in [0.25, 0.3) is 0 Å². The van der Waals surface area contributed by atoms with Crippen LogP contribution in [0.3, 0.4) is 0 Å². The number of guanidine groups is 1. The topological polar surface area (TPSA) is 72.7 Å². The number of hydrogen-bond acceptors (Lipinski definition) is 4. The number of aryl methyl sites for hydroxylation is 2. The van der Waals surface area contributed by atoms with Crippen molar-refractivity contribution in [3.63, 3.8) is 0 Å². The molecule has 2 aromatic rings. The number of ether oxygens (including phenoxy) is 2. The first kappa shape index (κ1) is 24.1. The molecule has 0 saturated heterocycles. The molecule has 0 unspecified atom stereocenters. The van der Waals surface area contributed by atoms with Crippen molar-refractivity contribution in [2.45, 2.75) is 40.8 Å². The van der Waals surface area contributed by atoms with E-state index in [9.17, 15) is 0 Å². The molecular weight excluding hydrogens is 469 g/mol. The molecule has 8 heteroatoms. The third-order valence-electron chi connectivity index (χ3n) is 4.38. The molecule has 0 saturated carbocycles. The summed E-state index contributed by atoms with van der Waals surface area (Å²) in [5.41, 5.74) is 4.46. The zero-order chi connectivity index (χ0) is 19.8. The predicted octanol–water partition coefficient (Wildman–Crippen LogP) is 3.32. The molecule has 0 aliphatic rings. The molecule has 0 bridgehead atoms. The molecule has 0 atom stereocenters. The second-order valence-corrected chi connectivity index (χ2v) is 6.24. The average Bonchev–Trinajstić information content (AvgIpc) is 2.90. The lowest BCUT2D eigenvalue weighted by Crippen LogP contribution is -2.37. The molecule has 0 aliphatic carbocycles. The Morgan fingerprint density at radius 3 is 2.50 bits per heavy atom. The van der Waals surface area contributed by atoms with E-state index in [1.54, 1.807) is 7.11 Å². The molecule has 0 radical (unpaired) electrons. The van der Waals surface area contributed by atoms with Crippen LogP contribution in [-0.2, 0) is 20.1 Å². The summed E-state index contributed by atoms with van der Waals surface area (Å²) in [6, 6.07) is 5.90. The zero-order valence-electron chi connectivity index (χ0n) is 17.6. The summed E-state index contributed by atoms with van der Waals surface area (Å²) >= 11 is 0. The first-order chi connectivity index (χ1) is 13.0. The molecule has 0 fully saturated rings. The minimum atomic E-state index is 0. The van der Waals surface area contributed by atoms with Gasteiger partial charge in [0.15, 0.2) is 17.5 Å². The lowest BCUT2D eigenvalue weighted by Gasteiger charge is -2.13. The molecule has 156 valence electrons. The molecule has 1 heterocycles. The molecule has 7 nitrogen and oxygen atoms in total. The van der Waals surface area contributed by atoms with Gasteiger partial charge >= 0.3 is 0 Å². The summed E-state index contributed by atoms with van der Waals surface area (Å²) in [6.07, 6.45) is 0. The van der Waals surface area contributed by atoms with Crippen molar-refractivity contribution < 1.29 is 9.47 Å². The van der Waals surface area contributed by atoms with Gasteiger partial charge in [-0.2, -0.15) is 5.10 Å². The van der Waals surface area contributed by atoms with Crippen molar-refractivity contribution >= 4 is 29.9 Å². The van der Waals surface area contributed by atoms with Gasteiger partial charge in [-0.1, -0.05) is 6.07 Å². The third-order valence-corrected chi connectivity index (χ3v) is 4.38. The van der Waals surface area contributed by atoms with Gasteiger partial charge in [0.05, 0.1) is 26.0 Å². The monoisotopic (exact) mass is 501 g/mol. The van der Waals surface area contributed by atoms with E-state index in [2.05, 4.69) is 29.6 Å². The summed E-state index contributed by atoms with van der Waals surface area (Å²) < 4.78 is 12.9. The minimum Gasteiger partial charge on any atom is -0.493 e. The van der Waals surface area contributed by atoms with E-state index >= 15 is 0 Å². The van der Waals surface area contributed by atoms with Crippen LogP contribution >= 0.6 is 24.0 Å². The number of aromatic nitrogens is 2. The van der Waals surface area contributed by atoms with Crippen molar-refractivity contribution in [1.29, 1.82) is 0 Å². The fourth-order valence-corrected chi connectivity index (χ4v) is 2.85. The highest BCUT2D eigenvalue weighted by Gasteiger charge is 2.10. The Labute approximate surface area is 184 Å². The van der Waals surface area contributed by atoms with Gasteiger partial charge in [0.2, 0.25) is 0 Å². The Morgan fingerprint density at radius 1 is 1.18 bits per heavy atom. The van der Waals surface area contributed by atoms with Gasteiger partial charge in [0.1, 0.15) is 0 Å². The van der Waals surface area contributed by atoms with E-state index < -0.39 is 0 Å². The Balaban J connectivity index is 0.00000392. The number of aliphatic imine (C=N–C) groups is 1. The number of nitrogens with zero attached hydrogens (tertiary/aromatic N) is 3. The SMILES string of the molecule is CCNC(=NCc1ccc(OC)c(OCC)c1)NCc1c(C)nn(C)c1C.I. The second kappa shape index (κ2) is 11.8. The van der Waals surface area contributed by atoms with Crippen LogP contribution in [0.25, 0.3) is 0 Å². The Hall–Kier alpha value is -1.97. The van der Waals surface area contributed by atoms with E-state index in [1.807, 2.05) is 43.8 Å². The fraction of sp³-hybridized carbons (Fsp3) is 0.500. The van der Waals surface area contributed by atoms with Crippen molar-refractivity contribution in [2.24, 2.45) is 12.0 Å². The third kappa shape index (κ3) is 6.29. The summed E-state index contributed by atoms with van der Waals surface area (Å²) in [6.45, 7) is 10.7. The number of benzene rings is 1. The molecule has 0 aliphatic heterocycles. The predicted molar refractivity (Wildman–Crippen MR) is 124 cm³/mol. The number of methoxy groups -OCH3 is 1. The van der Waals surface area contributed by atoms with Crippen LogP contribution in [0.2, 0.25) is 0 Å². The van der Waals surface area contributed by atoms with Crippen LogP contribution in [0.15, 0.2) is 23.2 Å². The average molecular weight is 501 g/mol. The standard InChI is InChI=1S/C20H31N5O2.HI/c1-7-21-20(23-13-17-14(3)24-25(5)15(17)4)22-12-16-9-10-18(26-6)19(11-16)27-8-2;/h9-11H,7-8,12-13H2,1-6H3,(H2,21,22,23);1H. The van der Waals surface area contributed by atoms with Crippen LogP contribution < -0.4 is 20.1 Å². The van der Waals surface area contributed by atoms with Crippen molar-refractivity contribution in [3.8, 4) is 11.5 Å². The normalized spacial score (nSPS) is 11.0. The maximum atomic E-state index is 5.64. The van der Waals surface area contributed by atoms with E-state index in [-0.39, 0.29) is 24.0 Å². The maximum absolute atomic E-state index is 5.64. The molecular formula is C20H32IN5O2. The summed E-state index contributed by atoms with van der Waals surface area (Å²) in [5.74, 6) is 2.25. The van der Waals surface area contributed by atoms with Gasteiger partial charge < -0.3 is 20.1 Å². The van der Waals surface area contributed by atoms with Crippen molar-refractivity contribution in [3.05, 3.63) is 40.7 Å². The highest BCUT2D eigenvalue weighted by Crippen LogP contribution is 2.28. The lowest BCUT2D eigenvalue weighted by molar-refractivity contribution is 0.310. The molecule has 1 aromatic carbocycles. The zero-order valence-corrected chi connectivity index (χ0v) is 20.0. The second-order valence-electron chi connectivity index (χ2n) is 6.24. The van der Waals surface area contributed by atoms with Crippen molar-refractivity contribution in [2.75, 3.05) is 20.3 Å². The van der Waals surface area contributed by atoms with Crippen LogP contribution in [0.5, 0.6) is 11.5 Å². The number of halogens is 1. The van der Waals surface area contributed by atoms with Crippen LogP contribution in [0, 0.1) is 13.8 Å². The highest BCUT2D eigenvalue weighted by molar-refractivity contribution is 14.0. The van der Waals surface area contributed by atoms with Crippen LogP contribution in [-0.4, -0.2) is 36.0 Å². The number of rotatable bonds is 8. The van der Waals surface area contributed by atoms with Gasteiger partial charge in [-0.3, -0.25) is 4.68 Å². The summed E-state index contributed by atoms with van der Waals surface area (Å²) in [7, 11) is 3.61. The quantitative estimate of drug-likeness (QED) is 0.330. The number of nitrogens with one attached hydrogen (secondary N) is 2. The largest absolute Gasteiger partial charge is 0.493 e. The minimum absolute atomic E-state index is 0. The first-order valence-corrected chi connectivity index (χ1v) is 9.31. The van der Waals surface area contributed by atoms with E-state index in [0.29, 0.717) is 19.7 Å². The van der Waals surface area contributed by atoms with Crippen molar-refractivity contribution in [1.82, 2.24) is 20.4 Å². The summed E-state index contributed by atoms with van der Waals surface area (Å²) in [5, 5.41) is 11.1. The Morgan fingerprint density at radius 2 is 1.93 bits per heavy atom. The molecule has 0 spiro atoms. The van der Waals surface area contributed by atoms with E-state index in [0.717, 1.165) is 41.0 Å². The molecule has 0 amide bonds. The van der Waals surface area contributed by atoms with Crippen LogP contribution in [0.4, 0.5) is 0 Å². The number of hydrogen-bond donors (Lipinski definition) is 2. The van der Waals surface area contributed by atoms with E-state index in [1.165, 1.54) is 5.56 Å². The van der Waals surface area contributed by atoms with Crippen LogP contribution in [0.1, 0.15) is 36.4 Å². The van der Waals surface area contributed by atoms with E-state index in [4.69, 9.17) is 14.5 Å². The lowest BCUT2D eigenvalue weighted by atomic mass is 10.2. The maximum Gasteiger partial charge on any atom is 0.191 e.